The number of hydrogen-bond donors (Lipinski definition) is 2. The number of phosphoric ester groups is 1. The minimum atomic E-state index is -4.38. The van der Waals surface area contributed by atoms with Crippen LogP contribution in [0.25, 0.3) is 0 Å². The van der Waals surface area contributed by atoms with Crippen molar-refractivity contribution in [2.45, 2.75) is 296 Å². The van der Waals surface area contributed by atoms with Crippen LogP contribution in [0.3, 0.4) is 0 Å². The molecule has 0 heterocycles. The third-order valence-electron chi connectivity index (χ3n) is 12.8. The largest absolute Gasteiger partial charge is 0.472 e. The Morgan fingerprint density at radius 3 is 1.13 bits per heavy atom. The van der Waals surface area contributed by atoms with E-state index in [1.807, 2.05) is 0 Å². The summed E-state index contributed by atoms with van der Waals surface area (Å²) in [4.78, 5) is 35.1. The van der Waals surface area contributed by atoms with Crippen molar-refractivity contribution in [1.29, 1.82) is 0 Å². The minimum absolute atomic E-state index is 0.0557. The van der Waals surface area contributed by atoms with Crippen molar-refractivity contribution in [3.8, 4) is 0 Å². The van der Waals surface area contributed by atoms with Crippen molar-refractivity contribution in [1.82, 2.24) is 0 Å². The maximum absolute atomic E-state index is 12.7. The van der Waals surface area contributed by atoms with E-state index in [0.717, 1.165) is 44.9 Å². The second-order valence-corrected chi connectivity index (χ2v) is 21.0. The first-order chi connectivity index (χ1) is 33.3. The molecule has 0 aliphatic heterocycles. The molecule has 0 amide bonds. The molecule has 9 nitrogen and oxygen atoms in total. The SMILES string of the molecule is CCCCCCC/C=C\C/C=C\C/C=C\CCCCCCCCCCCCCCCCCCCCC(=O)OC(COC(=O)CCCCCCCCCCCCCCCC)COP(=O)(O)OCCN. The van der Waals surface area contributed by atoms with Gasteiger partial charge in [0, 0.05) is 19.4 Å². The van der Waals surface area contributed by atoms with E-state index in [4.69, 9.17) is 24.3 Å². The second-order valence-electron chi connectivity index (χ2n) is 19.5. The normalized spacial score (nSPS) is 13.3. The molecule has 2 unspecified atom stereocenters. The molecule has 0 bridgehead atoms. The zero-order valence-corrected chi connectivity index (χ0v) is 45.5. The zero-order valence-electron chi connectivity index (χ0n) is 44.6. The molecule has 0 spiro atoms. The van der Waals surface area contributed by atoms with Gasteiger partial charge in [-0.2, -0.15) is 0 Å². The first-order valence-corrected chi connectivity index (χ1v) is 30.5. The standard InChI is InChI=1S/C58H110NO8P/c1-3-5-7-9-11-13-15-17-19-20-21-22-23-24-25-26-27-28-29-30-31-32-33-34-35-36-37-39-41-43-45-47-49-51-58(61)67-56(55-66-68(62,63)65-53-52-59)54-64-57(60)50-48-46-44-42-40-38-18-16-14-12-10-8-6-4-2/h15,17,20-21,23-24,56H,3-14,16,18-19,22,25-55,59H2,1-2H3,(H,62,63)/b17-15-,21-20-,24-23-. The van der Waals surface area contributed by atoms with Crippen molar-refractivity contribution in [2.75, 3.05) is 26.4 Å². The van der Waals surface area contributed by atoms with Crippen molar-refractivity contribution < 1.29 is 37.6 Å². The van der Waals surface area contributed by atoms with Gasteiger partial charge in [-0.15, -0.1) is 0 Å². The van der Waals surface area contributed by atoms with Crippen LogP contribution in [-0.2, 0) is 32.7 Å². The van der Waals surface area contributed by atoms with Gasteiger partial charge in [0.05, 0.1) is 13.2 Å². The van der Waals surface area contributed by atoms with E-state index >= 15 is 0 Å². The smallest absolute Gasteiger partial charge is 0.462 e. The maximum Gasteiger partial charge on any atom is 0.472 e. The number of unbranched alkanes of at least 4 members (excludes halogenated alkanes) is 36. The van der Waals surface area contributed by atoms with Crippen LogP contribution in [0.4, 0.5) is 0 Å². The van der Waals surface area contributed by atoms with Crippen LogP contribution >= 0.6 is 7.82 Å². The molecule has 10 heteroatoms. The van der Waals surface area contributed by atoms with Crippen molar-refractivity contribution >= 4 is 19.8 Å². The van der Waals surface area contributed by atoms with Gasteiger partial charge >= 0.3 is 19.8 Å². The number of allylic oxidation sites excluding steroid dienone is 6. The average molecular weight is 980 g/mol. The Labute approximate surface area is 420 Å². The predicted molar refractivity (Wildman–Crippen MR) is 289 cm³/mol. The molecule has 0 aliphatic rings. The first-order valence-electron chi connectivity index (χ1n) is 29.0. The van der Waals surface area contributed by atoms with E-state index in [2.05, 4.69) is 50.3 Å². The lowest BCUT2D eigenvalue weighted by Crippen LogP contribution is -2.29. The summed E-state index contributed by atoms with van der Waals surface area (Å²) in [6.07, 6.45) is 65.0. The Morgan fingerprint density at radius 2 is 0.765 bits per heavy atom. The highest BCUT2D eigenvalue weighted by molar-refractivity contribution is 7.47. The monoisotopic (exact) mass is 980 g/mol. The van der Waals surface area contributed by atoms with E-state index in [1.54, 1.807) is 0 Å². The number of esters is 2. The molecular formula is C58H110NO8P. The highest BCUT2D eigenvalue weighted by Crippen LogP contribution is 2.43. The molecule has 0 saturated carbocycles. The number of rotatable bonds is 55. The van der Waals surface area contributed by atoms with Crippen molar-refractivity contribution in [2.24, 2.45) is 5.73 Å². The number of nitrogens with two attached hydrogens (primary N) is 1. The summed E-state index contributed by atoms with van der Waals surface area (Å²) < 4.78 is 33.0. The van der Waals surface area contributed by atoms with E-state index < -0.39 is 26.5 Å². The summed E-state index contributed by atoms with van der Waals surface area (Å²) in [7, 11) is -4.38. The van der Waals surface area contributed by atoms with Gasteiger partial charge in [0.2, 0.25) is 0 Å². The van der Waals surface area contributed by atoms with E-state index in [0.29, 0.717) is 6.42 Å². The van der Waals surface area contributed by atoms with Gasteiger partial charge in [-0.05, 0) is 51.4 Å². The van der Waals surface area contributed by atoms with Crippen LogP contribution in [0, 0.1) is 0 Å². The van der Waals surface area contributed by atoms with Crippen LogP contribution in [-0.4, -0.2) is 49.3 Å². The Morgan fingerprint density at radius 1 is 0.441 bits per heavy atom. The summed E-state index contributed by atoms with van der Waals surface area (Å²) in [6.45, 7) is 3.77. The molecule has 0 aliphatic carbocycles. The molecule has 2 atom stereocenters. The van der Waals surface area contributed by atoms with E-state index in [-0.39, 0.29) is 38.6 Å². The number of hydrogen-bond acceptors (Lipinski definition) is 8. The fourth-order valence-corrected chi connectivity index (χ4v) is 9.23. The Bertz CT molecular complexity index is 1210. The van der Waals surface area contributed by atoms with Gasteiger partial charge in [-0.3, -0.25) is 18.6 Å². The van der Waals surface area contributed by atoms with E-state index in [1.165, 1.54) is 212 Å². The lowest BCUT2D eigenvalue weighted by Gasteiger charge is -2.19. The summed E-state index contributed by atoms with van der Waals surface area (Å²) >= 11 is 0. The third kappa shape index (κ3) is 53.6. The molecule has 3 N–H and O–H groups in total. The highest BCUT2D eigenvalue weighted by atomic mass is 31.2. The predicted octanol–water partition coefficient (Wildman–Crippen LogP) is 18.0. The molecule has 0 aromatic rings. The maximum atomic E-state index is 12.7. The van der Waals surface area contributed by atoms with Crippen LogP contribution in [0.15, 0.2) is 36.5 Å². The summed E-state index contributed by atoms with van der Waals surface area (Å²) in [5.41, 5.74) is 5.37. The Balaban J connectivity index is 3.85. The van der Waals surface area contributed by atoms with Gasteiger partial charge in [0.25, 0.3) is 0 Å². The number of phosphoric acid groups is 1. The number of carbonyl (C=O) groups is 2. The quantitative estimate of drug-likeness (QED) is 0.0264. The number of ether oxygens (including phenoxy) is 2. The van der Waals surface area contributed by atoms with Crippen LogP contribution < -0.4 is 5.73 Å². The molecule has 0 aromatic heterocycles. The van der Waals surface area contributed by atoms with Gasteiger partial charge in [0.1, 0.15) is 6.61 Å². The molecule has 0 saturated heterocycles. The van der Waals surface area contributed by atoms with Crippen LogP contribution in [0.1, 0.15) is 290 Å². The summed E-state index contributed by atoms with van der Waals surface area (Å²) in [5, 5.41) is 0. The fourth-order valence-electron chi connectivity index (χ4n) is 8.47. The molecule has 68 heavy (non-hydrogen) atoms. The first kappa shape index (κ1) is 66.2. The van der Waals surface area contributed by atoms with Gasteiger partial charge < -0.3 is 20.1 Å². The third-order valence-corrected chi connectivity index (χ3v) is 13.8. The number of carbonyl (C=O) groups excluding carboxylic acids is 2. The highest BCUT2D eigenvalue weighted by Gasteiger charge is 2.26. The van der Waals surface area contributed by atoms with Crippen molar-refractivity contribution in [3.63, 3.8) is 0 Å². The fraction of sp³-hybridized carbons (Fsp3) is 0.862. The van der Waals surface area contributed by atoms with Crippen LogP contribution in [0.2, 0.25) is 0 Å². The molecule has 0 rings (SSSR count). The molecule has 0 radical (unpaired) electrons. The lowest BCUT2D eigenvalue weighted by atomic mass is 10.0. The minimum Gasteiger partial charge on any atom is -0.462 e. The van der Waals surface area contributed by atoms with Gasteiger partial charge in [0.15, 0.2) is 6.10 Å². The van der Waals surface area contributed by atoms with Gasteiger partial charge in [-0.1, -0.05) is 262 Å². The Kier molecular flexibility index (Phi) is 53.1. The van der Waals surface area contributed by atoms with Gasteiger partial charge in [-0.25, -0.2) is 4.57 Å². The molecule has 0 fully saturated rings. The van der Waals surface area contributed by atoms with E-state index in [9.17, 15) is 19.0 Å². The van der Waals surface area contributed by atoms with Crippen LogP contribution in [0.5, 0.6) is 0 Å². The summed E-state index contributed by atoms with van der Waals surface area (Å²) in [6, 6.07) is 0. The Hall–Kier alpha value is -1.77. The average Bonchev–Trinajstić information content (AvgIpc) is 3.33. The molecule has 400 valence electrons. The summed E-state index contributed by atoms with van der Waals surface area (Å²) in [5.74, 6) is -0.813. The second kappa shape index (κ2) is 54.6. The van der Waals surface area contributed by atoms with Crippen molar-refractivity contribution in [3.05, 3.63) is 36.5 Å². The lowest BCUT2D eigenvalue weighted by molar-refractivity contribution is -0.161. The molecule has 0 aromatic carbocycles. The topological polar surface area (TPSA) is 134 Å². The molecular weight excluding hydrogens is 870 g/mol. The zero-order chi connectivity index (χ0) is 49.5.